The van der Waals surface area contributed by atoms with Gasteiger partial charge in [-0.15, -0.1) is 0 Å². The van der Waals surface area contributed by atoms with Crippen LogP contribution in [0.5, 0.6) is 0 Å². The highest BCUT2D eigenvalue weighted by Gasteiger charge is 2.16. The van der Waals surface area contributed by atoms with Crippen LogP contribution in [0.15, 0.2) is 35.3 Å². The molecule has 0 unspecified atom stereocenters. The van der Waals surface area contributed by atoms with Crippen LogP contribution in [0.25, 0.3) is 0 Å². The third kappa shape index (κ3) is 7.62. The van der Waals surface area contributed by atoms with Crippen LogP contribution < -0.4 is 15.5 Å². The van der Waals surface area contributed by atoms with Crippen LogP contribution in [0.3, 0.4) is 0 Å². The van der Waals surface area contributed by atoms with Gasteiger partial charge in [0.25, 0.3) is 0 Å². The van der Waals surface area contributed by atoms with E-state index in [1.165, 1.54) is 5.69 Å². The maximum atomic E-state index is 5.07. The molecule has 1 aromatic carbocycles. The number of anilines is 1. The summed E-state index contributed by atoms with van der Waals surface area (Å²) in [6, 6.07) is 10.7. The van der Waals surface area contributed by atoms with E-state index in [9.17, 15) is 0 Å². The third-order valence-corrected chi connectivity index (χ3v) is 4.56. The van der Waals surface area contributed by atoms with Crippen molar-refractivity contribution in [3.63, 3.8) is 0 Å². The number of rotatable bonds is 10. The highest BCUT2D eigenvalue weighted by atomic mass is 16.5. The monoisotopic (exact) mass is 361 g/mol. The Labute approximate surface area is 158 Å². The van der Waals surface area contributed by atoms with Gasteiger partial charge in [-0.25, -0.2) is 0 Å². The molecular weight excluding hydrogens is 326 g/mol. The average molecular weight is 362 g/mol. The molecule has 0 amide bonds. The Morgan fingerprint density at radius 1 is 1.08 bits per heavy atom. The van der Waals surface area contributed by atoms with E-state index in [-0.39, 0.29) is 0 Å². The Morgan fingerprint density at radius 3 is 2.54 bits per heavy atom. The lowest BCUT2D eigenvalue weighted by Crippen LogP contribution is -2.47. The zero-order valence-electron chi connectivity index (χ0n) is 16.4. The Hall–Kier alpha value is -1.79. The SMILES string of the molecule is CCNC(=NCCCOC)NCCCN1CCN(c2ccccc2)CC1. The summed E-state index contributed by atoms with van der Waals surface area (Å²) >= 11 is 0. The molecule has 0 aliphatic carbocycles. The maximum Gasteiger partial charge on any atom is 0.191 e. The summed E-state index contributed by atoms with van der Waals surface area (Å²) in [4.78, 5) is 9.61. The van der Waals surface area contributed by atoms with E-state index in [0.29, 0.717) is 0 Å². The number of benzene rings is 1. The number of guanidine groups is 1. The van der Waals surface area contributed by atoms with E-state index in [1.807, 2.05) is 0 Å². The minimum absolute atomic E-state index is 0.762. The molecule has 0 spiro atoms. The third-order valence-electron chi connectivity index (χ3n) is 4.56. The second kappa shape index (κ2) is 12.5. The first-order valence-corrected chi connectivity index (χ1v) is 9.87. The van der Waals surface area contributed by atoms with E-state index in [0.717, 1.165) is 77.8 Å². The first-order valence-electron chi connectivity index (χ1n) is 9.87. The second-order valence-electron chi connectivity index (χ2n) is 6.55. The van der Waals surface area contributed by atoms with Crippen molar-refractivity contribution in [3.05, 3.63) is 30.3 Å². The summed E-state index contributed by atoms with van der Waals surface area (Å²) in [5.41, 5.74) is 1.34. The topological polar surface area (TPSA) is 52.1 Å². The van der Waals surface area contributed by atoms with Crippen LogP contribution in [0, 0.1) is 0 Å². The fraction of sp³-hybridized carbons (Fsp3) is 0.650. The van der Waals surface area contributed by atoms with Gasteiger partial charge in [-0.2, -0.15) is 0 Å². The molecule has 2 N–H and O–H groups in total. The molecule has 0 atom stereocenters. The molecule has 2 rings (SSSR count). The van der Waals surface area contributed by atoms with E-state index < -0.39 is 0 Å². The quantitative estimate of drug-likeness (QED) is 0.378. The summed E-state index contributed by atoms with van der Waals surface area (Å²) in [6.07, 6.45) is 2.09. The van der Waals surface area contributed by atoms with E-state index in [4.69, 9.17) is 4.74 Å². The Bertz CT molecular complexity index is 500. The molecule has 0 aromatic heterocycles. The van der Waals surface area contributed by atoms with Gasteiger partial charge in [0.2, 0.25) is 0 Å². The molecule has 0 radical (unpaired) electrons. The Kier molecular flexibility index (Phi) is 9.90. The summed E-state index contributed by atoms with van der Waals surface area (Å²) in [7, 11) is 1.73. The number of aliphatic imine (C=N–C) groups is 1. The number of hydrogen-bond donors (Lipinski definition) is 2. The fourth-order valence-electron chi connectivity index (χ4n) is 3.12. The van der Waals surface area contributed by atoms with Gasteiger partial charge in [-0.1, -0.05) is 18.2 Å². The van der Waals surface area contributed by atoms with E-state index in [2.05, 4.69) is 62.7 Å². The van der Waals surface area contributed by atoms with Crippen LogP contribution in [0.2, 0.25) is 0 Å². The van der Waals surface area contributed by atoms with Crippen LogP contribution >= 0.6 is 0 Å². The van der Waals surface area contributed by atoms with Crippen molar-refractivity contribution in [1.29, 1.82) is 0 Å². The van der Waals surface area contributed by atoms with Crippen molar-refractivity contribution in [1.82, 2.24) is 15.5 Å². The van der Waals surface area contributed by atoms with Crippen molar-refractivity contribution < 1.29 is 4.74 Å². The molecular formula is C20H35N5O. The number of para-hydroxylation sites is 1. The largest absolute Gasteiger partial charge is 0.385 e. The molecule has 0 bridgehead atoms. The minimum Gasteiger partial charge on any atom is -0.385 e. The van der Waals surface area contributed by atoms with Crippen LogP contribution in [0.1, 0.15) is 19.8 Å². The number of piperazine rings is 1. The molecule has 1 heterocycles. The van der Waals surface area contributed by atoms with E-state index >= 15 is 0 Å². The molecule has 6 nitrogen and oxygen atoms in total. The lowest BCUT2D eigenvalue weighted by molar-refractivity contribution is 0.197. The number of hydrogen-bond acceptors (Lipinski definition) is 4. The molecule has 1 saturated heterocycles. The maximum absolute atomic E-state index is 5.07. The summed E-state index contributed by atoms with van der Waals surface area (Å²) in [6.45, 7) is 11.1. The summed E-state index contributed by atoms with van der Waals surface area (Å²) < 4.78 is 5.07. The minimum atomic E-state index is 0.762. The zero-order valence-corrected chi connectivity index (χ0v) is 16.4. The molecule has 0 saturated carbocycles. The van der Waals surface area contributed by atoms with Gasteiger partial charge < -0.3 is 20.3 Å². The number of methoxy groups -OCH3 is 1. The number of nitrogens with zero attached hydrogens (tertiary/aromatic N) is 3. The Morgan fingerprint density at radius 2 is 1.85 bits per heavy atom. The van der Waals surface area contributed by atoms with Crippen molar-refractivity contribution in [2.24, 2.45) is 4.99 Å². The van der Waals surface area contributed by atoms with Gasteiger partial charge in [-0.05, 0) is 38.4 Å². The van der Waals surface area contributed by atoms with Crippen molar-refractivity contribution >= 4 is 11.6 Å². The Balaban J connectivity index is 1.60. The van der Waals surface area contributed by atoms with E-state index in [1.54, 1.807) is 7.11 Å². The number of ether oxygens (including phenoxy) is 1. The van der Waals surface area contributed by atoms with Gasteiger partial charge in [0, 0.05) is 65.2 Å². The first-order chi connectivity index (χ1) is 12.8. The lowest BCUT2D eigenvalue weighted by Gasteiger charge is -2.36. The molecule has 26 heavy (non-hydrogen) atoms. The lowest BCUT2D eigenvalue weighted by atomic mass is 10.2. The van der Waals surface area contributed by atoms with Gasteiger partial charge in [0.1, 0.15) is 0 Å². The predicted molar refractivity (Wildman–Crippen MR) is 110 cm³/mol. The molecule has 146 valence electrons. The van der Waals surface area contributed by atoms with Crippen LogP contribution in [-0.2, 0) is 4.74 Å². The fourth-order valence-corrected chi connectivity index (χ4v) is 3.12. The highest BCUT2D eigenvalue weighted by Crippen LogP contribution is 2.15. The standard InChI is InChI=1S/C20H35N5O/c1-3-21-20(23-12-8-18-26-2)22-11-7-13-24-14-16-25(17-15-24)19-9-5-4-6-10-19/h4-6,9-10H,3,7-8,11-18H2,1-2H3,(H2,21,22,23). The average Bonchev–Trinajstić information content (AvgIpc) is 2.69. The van der Waals surface area contributed by atoms with Gasteiger partial charge in [0.15, 0.2) is 5.96 Å². The second-order valence-corrected chi connectivity index (χ2v) is 6.55. The van der Waals surface area contributed by atoms with Crippen molar-refractivity contribution in [2.75, 3.05) is 71.0 Å². The molecule has 1 aliphatic heterocycles. The van der Waals surface area contributed by atoms with Gasteiger partial charge >= 0.3 is 0 Å². The van der Waals surface area contributed by atoms with Crippen LogP contribution in [0.4, 0.5) is 5.69 Å². The molecule has 6 heteroatoms. The smallest absolute Gasteiger partial charge is 0.191 e. The summed E-state index contributed by atoms with van der Waals surface area (Å²) in [5.74, 6) is 0.914. The molecule has 1 fully saturated rings. The predicted octanol–water partition coefficient (Wildman–Crippen LogP) is 1.79. The highest BCUT2D eigenvalue weighted by molar-refractivity contribution is 5.79. The van der Waals surface area contributed by atoms with Crippen LogP contribution in [-0.4, -0.2) is 76.9 Å². The van der Waals surface area contributed by atoms with Gasteiger partial charge in [0.05, 0.1) is 0 Å². The normalized spacial score (nSPS) is 15.9. The first kappa shape index (κ1) is 20.5. The van der Waals surface area contributed by atoms with Gasteiger partial charge in [-0.3, -0.25) is 9.89 Å². The summed E-state index contributed by atoms with van der Waals surface area (Å²) in [5, 5.41) is 6.73. The van der Waals surface area contributed by atoms with Crippen molar-refractivity contribution in [3.8, 4) is 0 Å². The molecule has 1 aromatic rings. The number of nitrogens with one attached hydrogen (secondary N) is 2. The van der Waals surface area contributed by atoms with Crippen molar-refractivity contribution in [2.45, 2.75) is 19.8 Å². The zero-order chi connectivity index (χ0) is 18.5. The molecule has 1 aliphatic rings.